The maximum Gasteiger partial charge on any atom is 0.322 e. The molecule has 1 aliphatic rings. The van der Waals surface area contributed by atoms with Gasteiger partial charge in [-0.3, -0.25) is 10.1 Å². The van der Waals surface area contributed by atoms with Crippen molar-refractivity contribution in [3.63, 3.8) is 0 Å². The molecule has 19 heavy (non-hydrogen) atoms. The van der Waals surface area contributed by atoms with Crippen LogP contribution in [0.1, 0.15) is 29.7 Å². The summed E-state index contributed by atoms with van der Waals surface area (Å²) >= 11 is 1.55. The molecule has 2 N–H and O–H groups in total. The SMILES string of the molecule is O=C(Cc1cccs1)Nc1nnc(C2CCCN2)o1. The number of carbonyl (C=O) groups excluding carboxylic acids is 1. The van der Waals surface area contributed by atoms with Crippen molar-refractivity contribution in [1.82, 2.24) is 15.5 Å². The average molecular weight is 278 g/mol. The second-order valence-electron chi connectivity index (χ2n) is 4.40. The van der Waals surface area contributed by atoms with E-state index in [0.717, 1.165) is 24.3 Å². The first-order chi connectivity index (χ1) is 9.31. The number of amides is 1. The van der Waals surface area contributed by atoms with Crippen molar-refractivity contribution in [3.8, 4) is 0 Å². The molecule has 7 heteroatoms. The van der Waals surface area contributed by atoms with Gasteiger partial charge in [0.15, 0.2) is 0 Å². The maximum absolute atomic E-state index is 11.8. The third-order valence-electron chi connectivity index (χ3n) is 2.96. The molecule has 1 atom stereocenters. The summed E-state index contributed by atoms with van der Waals surface area (Å²) in [5.41, 5.74) is 0. The van der Waals surface area contributed by atoms with Gasteiger partial charge < -0.3 is 9.73 Å². The number of anilines is 1. The Morgan fingerprint density at radius 1 is 1.58 bits per heavy atom. The van der Waals surface area contributed by atoms with Gasteiger partial charge in [0.2, 0.25) is 11.8 Å². The van der Waals surface area contributed by atoms with Crippen LogP contribution < -0.4 is 10.6 Å². The molecule has 6 nitrogen and oxygen atoms in total. The molecule has 100 valence electrons. The summed E-state index contributed by atoms with van der Waals surface area (Å²) in [5, 5.41) is 15.6. The molecule has 0 radical (unpaired) electrons. The standard InChI is InChI=1S/C12H14N4O2S/c17-10(7-8-3-2-6-19-8)14-12-16-15-11(18-12)9-4-1-5-13-9/h2-3,6,9,13H,1,4-5,7H2,(H,14,16,17). The van der Waals surface area contributed by atoms with Crippen LogP contribution in [0.2, 0.25) is 0 Å². The summed E-state index contributed by atoms with van der Waals surface area (Å²) in [6.45, 7) is 0.965. The van der Waals surface area contributed by atoms with Gasteiger partial charge in [-0.2, -0.15) is 0 Å². The lowest BCUT2D eigenvalue weighted by atomic mass is 10.2. The number of carbonyl (C=O) groups is 1. The van der Waals surface area contributed by atoms with E-state index in [1.165, 1.54) is 0 Å². The van der Waals surface area contributed by atoms with Crippen molar-refractivity contribution in [2.45, 2.75) is 25.3 Å². The molecule has 0 spiro atoms. The molecule has 1 saturated heterocycles. The summed E-state index contributed by atoms with van der Waals surface area (Å²) < 4.78 is 5.44. The van der Waals surface area contributed by atoms with Gasteiger partial charge in [-0.15, -0.1) is 16.4 Å². The zero-order chi connectivity index (χ0) is 13.1. The number of nitrogens with one attached hydrogen (secondary N) is 2. The van der Waals surface area contributed by atoms with Crippen molar-refractivity contribution >= 4 is 23.3 Å². The van der Waals surface area contributed by atoms with Crippen molar-refractivity contribution in [1.29, 1.82) is 0 Å². The van der Waals surface area contributed by atoms with E-state index in [4.69, 9.17) is 4.42 Å². The molecular formula is C12H14N4O2S. The highest BCUT2D eigenvalue weighted by Crippen LogP contribution is 2.22. The predicted molar refractivity (Wildman–Crippen MR) is 70.9 cm³/mol. The Morgan fingerprint density at radius 3 is 3.26 bits per heavy atom. The topological polar surface area (TPSA) is 80.0 Å². The van der Waals surface area contributed by atoms with E-state index in [1.54, 1.807) is 11.3 Å². The van der Waals surface area contributed by atoms with Crippen LogP contribution in [-0.2, 0) is 11.2 Å². The summed E-state index contributed by atoms with van der Waals surface area (Å²) in [5.74, 6) is 0.404. The third kappa shape index (κ3) is 2.99. The lowest BCUT2D eigenvalue weighted by Gasteiger charge is -2.02. The van der Waals surface area contributed by atoms with Gasteiger partial charge in [0, 0.05) is 4.88 Å². The fraction of sp³-hybridized carbons (Fsp3) is 0.417. The van der Waals surface area contributed by atoms with Gasteiger partial charge in [0.05, 0.1) is 12.5 Å². The normalized spacial score (nSPS) is 18.6. The lowest BCUT2D eigenvalue weighted by Crippen LogP contribution is -2.14. The fourth-order valence-corrected chi connectivity index (χ4v) is 2.76. The number of hydrogen-bond acceptors (Lipinski definition) is 6. The second kappa shape index (κ2) is 5.50. The van der Waals surface area contributed by atoms with Crippen LogP contribution in [0.3, 0.4) is 0 Å². The second-order valence-corrected chi connectivity index (χ2v) is 5.43. The molecule has 2 aromatic rings. The molecule has 0 aromatic carbocycles. The van der Waals surface area contributed by atoms with Gasteiger partial charge in [-0.1, -0.05) is 11.2 Å². The minimum absolute atomic E-state index is 0.121. The van der Waals surface area contributed by atoms with E-state index in [9.17, 15) is 4.79 Å². The number of rotatable bonds is 4. The summed E-state index contributed by atoms with van der Waals surface area (Å²) in [7, 11) is 0. The largest absolute Gasteiger partial charge is 0.406 e. The van der Waals surface area contributed by atoms with E-state index in [2.05, 4.69) is 20.8 Å². The van der Waals surface area contributed by atoms with E-state index in [1.807, 2.05) is 17.5 Å². The number of hydrogen-bond donors (Lipinski definition) is 2. The quantitative estimate of drug-likeness (QED) is 0.890. The van der Waals surface area contributed by atoms with Gasteiger partial charge >= 0.3 is 6.01 Å². The summed E-state index contributed by atoms with van der Waals surface area (Å²) in [6, 6.07) is 4.14. The zero-order valence-electron chi connectivity index (χ0n) is 10.3. The fourth-order valence-electron chi connectivity index (χ4n) is 2.06. The van der Waals surface area contributed by atoms with Gasteiger partial charge in [-0.25, -0.2) is 0 Å². The van der Waals surface area contributed by atoms with Crippen molar-refractivity contribution in [2.24, 2.45) is 0 Å². The Balaban J connectivity index is 1.59. The molecule has 1 unspecified atom stereocenters. The highest BCUT2D eigenvalue weighted by molar-refractivity contribution is 7.10. The van der Waals surface area contributed by atoms with E-state index in [-0.39, 0.29) is 18.0 Å². The molecule has 0 saturated carbocycles. The summed E-state index contributed by atoms with van der Waals surface area (Å²) in [6.07, 6.45) is 2.43. The molecule has 3 heterocycles. The third-order valence-corrected chi connectivity index (χ3v) is 3.84. The minimum Gasteiger partial charge on any atom is -0.406 e. The van der Waals surface area contributed by atoms with E-state index < -0.39 is 0 Å². The Morgan fingerprint density at radius 2 is 2.53 bits per heavy atom. The van der Waals surface area contributed by atoms with Crippen LogP contribution in [0, 0.1) is 0 Å². The van der Waals surface area contributed by atoms with Crippen LogP contribution in [0.25, 0.3) is 0 Å². The van der Waals surface area contributed by atoms with Crippen LogP contribution in [0.15, 0.2) is 21.9 Å². The maximum atomic E-state index is 11.8. The minimum atomic E-state index is -0.142. The van der Waals surface area contributed by atoms with Crippen LogP contribution in [-0.4, -0.2) is 22.6 Å². The van der Waals surface area contributed by atoms with Crippen molar-refractivity contribution in [3.05, 3.63) is 28.3 Å². The molecule has 1 aliphatic heterocycles. The molecule has 2 aromatic heterocycles. The van der Waals surface area contributed by atoms with Gasteiger partial charge in [0.25, 0.3) is 0 Å². The van der Waals surface area contributed by atoms with E-state index >= 15 is 0 Å². The zero-order valence-corrected chi connectivity index (χ0v) is 11.1. The molecule has 3 rings (SSSR count). The molecule has 1 amide bonds. The Labute approximate surface area is 114 Å². The first kappa shape index (κ1) is 12.3. The first-order valence-electron chi connectivity index (χ1n) is 6.20. The van der Waals surface area contributed by atoms with E-state index in [0.29, 0.717) is 12.3 Å². The highest BCUT2D eigenvalue weighted by Gasteiger charge is 2.22. The summed E-state index contributed by atoms with van der Waals surface area (Å²) in [4.78, 5) is 12.8. The number of nitrogens with zero attached hydrogens (tertiary/aromatic N) is 2. The van der Waals surface area contributed by atoms with Crippen LogP contribution in [0.5, 0.6) is 0 Å². The number of thiophene rings is 1. The van der Waals surface area contributed by atoms with Gasteiger partial charge in [0.1, 0.15) is 0 Å². The molecule has 1 fully saturated rings. The predicted octanol–water partition coefficient (Wildman–Crippen LogP) is 1.74. The lowest BCUT2D eigenvalue weighted by molar-refractivity contribution is -0.115. The van der Waals surface area contributed by atoms with Crippen LogP contribution >= 0.6 is 11.3 Å². The Kier molecular flexibility index (Phi) is 3.56. The first-order valence-corrected chi connectivity index (χ1v) is 7.08. The molecule has 0 aliphatic carbocycles. The number of aromatic nitrogens is 2. The smallest absolute Gasteiger partial charge is 0.322 e. The Hall–Kier alpha value is -1.73. The van der Waals surface area contributed by atoms with Crippen molar-refractivity contribution in [2.75, 3.05) is 11.9 Å². The van der Waals surface area contributed by atoms with Crippen molar-refractivity contribution < 1.29 is 9.21 Å². The molecular weight excluding hydrogens is 264 g/mol. The Bertz CT molecular complexity index is 546. The highest BCUT2D eigenvalue weighted by atomic mass is 32.1. The molecule has 0 bridgehead atoms. The van der Waals surface area contributed by atoms with Gasteiger partial charge in [-0.05, 0) is 30.8 Å². The average Bonchev–Trinajstić information content (AvgIpc) is 3.09. The monoisotopic (exact) mass is 278 g/mol. The van der Waals surface area contributed by atoms with Crippen LogP contribution in [0.4, 0.5) is 6.01 Å².